The summed E-state index contributed by atoms with van der Waals surface area (Å²) in [5, 5.41) is 20.1. The first kappa shape index (κ1) is 17.9. The highest BCUT2D eigenvalue weighted by Gasteiger charge is 2.17. The summed E-state index contributed by atoms with van der Waals surface area (Å²) in [6.07, 6.45) is 6.41. The predicted molar refractivity (Wildman–Crippen MR) is 104 cm³/mol. The largest absolute Gasteiger partial charge is 0.332 e. The summed E-state index contributed by atoms with van der Waals surface area (Å²) in [6, 6.07) is 9.65. The van der Waals surface area contributed by atoms with Gasteiger partial charge in [-0.2, -0.15) is 10.4 Å². The third-order valence-electron chi connectivity index (χ3n) is 3.77. The van der Waals surface area contributed by atoms with Gasteiger partial charge < -0.3 is 10.6 Å². The van der Waals surface area contributed by atoms with Crippen LogP contribution in [0, 0.1) is 11.3 Å². The van der Waals surface area contributed by atoms with Crippen molar-refractivity contribution in [2.24, 2.45) is 4.99 Å². The Hall–Kier alpha value is -2.92. The van der Waals surface area contributed by atoms with Crippen molar-refractivity contribution < 1.29 is 0 Å². The van der Waals surface area contributed by atoms with E-state index in [9.17, 15) is 5.26 Å². The quantitative estimate of drug-likeness (QED) is 0.448. The van der Waals surface area contributed by atoms with Gasteiger partial charge in [-0.25, -0.2) is 4.98 Å². The highest BCUT2D eigenvalue weighted by molar-refractivity contribution is 9.10. The van der Waals surface area contributed by atoms with E-state index in [0.717, 1.165) is 18.5 Å². The molecule has 0 aromatic carbocycles. The van der Waals surface area contributed by atoms with Crippen LogP contribution in [-0.4, -0.2) is 27.3 Å². The lowest BCUT2D eigenvalue weighted by Crippen LogP contribution is -2.39. The second kappa shape index (κ2) is 8.45. The number of nitrogens with zero attached hydrogens (tertiary/aromatic N) is 5. The molecule has 26 heavy (non-hydrogen) atoms. The summed E-state index contributed by atoms with van der Waals surface area (Å²) in [4.78, 5) is 8.91. The van der Waals surface area contributed by atoms with Crippen LogP contribution < -0.4 is 10.6 Å². The van der Waals surface area contributed by atoms with Crippen LogP contribution in [0.5, 0.6) is 0 Å². The molecule has 0 spiro atoms. The molecule has 0 saturated carbocycles. The molecule has 0 atom stereocenters. The van der Waals surface area contributed by atoms with E-state index in [-0.39, 0.29) is 0 Å². The van der Waals surface area contributed by atoms with Crippen molar-refractivity contribution in [3.8, 4) is 6.07 Å². The van der Waals surface area contributed by atoms with E-state index in [1.165, 1.54) is 0 Å². The molecule has 0 fully saturated rings. The zero-order valence-corrected chi connectivity index (χ0v) is 15.9. The molecule has 0 amide bonds. The molecule has 8 heteroatoms. The maximum atomic E-state index is 9.65. The van der Waals surface area contributed by atoms with Crippen molar-refractivity contribution in [3.05, 3.63) is 64.4 Å². The predicted octanol–water partition coefficient (Wildman–Crippen LogP) is 2.82. The van der Waals surface area contributed by atoms with Gasteiger partial charge in [0.25, 0.3) is 0 Å². The van der Waals surface area contributed by atoms with Crippen LogP contribution in [-0.2, 0) is 6.54 Å². The lowest BCUT2D eigenvalue weighted by molar-refractivity contribution is 0.584. The summed E-state index contributed by atoms with van der Waals surface area (Å²) < 4.78 is 2.57. The van der Waals surface area contributed by atoms with Crippen molar-refractivity contribution >= 4 is 27.5 Å². The Bertz CT molecular complexity index is 904. The SMILES string of the molecule is CC1=CNC(=NCCCn2cccn2)NC1=C(C#N)c1cccc(Br)n1. The molecule has 2 aromatic rings. The number of guanidine groups is 1. The van der Waals surface area contributed by atoms with E-state index in [4.69, 9.17) is 0 Å². The first-order chi connectivity index (χ1) is 12.7. The molecule has 7 nitrogen and oxygen atoms in total. The fourth-order valence-electron chi connectivity index (χ4n) is 2.49. The molecule has 2 aromatic heterocycles. The van der Waals surface area contributed by atoms with Gasteiger partial charge in [0.05, 0.1) is 11.4 Å². The number of rotatable bonds is 5. The van der Waals surface area contributed by atoms with Gasteiger partial charge in [-0.1, -0.05) is 6.07 Å². The number of aryl methyl sites for hydroxylation is 1. The summed E-state index contributed by atoms with van der Waals surface area (Å²) in [6.45, 7) is 3.39. The monoisotopic (exact) mass is 411 g/mol. The first-order valence-corrected chi connectivity index (χ1v) is 8.96. The molecule has 1 aliphatic heterocycles. The fourth-order valence-corrected chi connectivity index (χ4v) is 2.84. The summed E-state index contributed by atoms with van der Waals surface area (Å²) in [5.74, 6) is 0.619. The Morgan fingerprint density at radius 1 is 1.38 bits per heavy atom. The highest BCUT2D eigenvalue weighted by Crippen LogP contribution is 2.22. The molecule has 2 N–H and O–H groups in total. The van der Waals surface area contributed by atoms with Crippen LogP contribution in [0.25, 0.3) is 5.57 Å². The normalized spacial score (nSPS) is 17.1. The molecule has 3 rings (SSSR count). The number of allylic oxidation sites excluding steroid dienone is 2. The molecule has 0 radical (unpaired) electrons. The summed E-state index contributed by atoms with van der Waals surface area (Å²) in [5.41, 5.74) is 2.71. The van der Waals surface area contributed by atoms with Gasteiger partial charge in [0.1, 0.15) is 16.2 Å². The van der Waals surface area contributed by atoms with Gasteiger partial charge in [0, 0.05) is 31.7 Å². The number of halogens is 1. The van der Waals surface area contributed by atoms with Crippen LogP contribution in [0.2, 0.25) is 0 Å². The number of pyridine rings is 1. The Labute approximate surface area is 160 Å². The zero-order valence-electron chi connectivity index (χ0n) is 14.3. The average Bonchev–Trinajstić information content (AvgIpc) is 3.15. The number of aromatic nitrogens is 3. The molecule has 0 saturated heterocycles. The van der Waals surface area contributed by atoms with E-state index < -0.39 is 0 Å². The minimum atomic E-state index is 0.478. The van der Waals surface area contributed by atoms with Crippen LogP contribution in [0.3, 0.4) is 0 Å². The van der Waals surface area contributed by atoms with Crippen LogP contribution in [0.4, 0.5) is 0 Å². The van der Waals surface area contributed by atoms with Crippen molar-refractivity contribution in [2.75, 3.05) is 6.54 Å². The number of nitriles is 1. The third kappa shape index (κ3) is 4.37. The topological polar surface area (TPSA) is 90.9 Å². The Morgan fingerprint density at radius 3 is 3.00 bits per heavy atom. The number of hydrogen-bond donors (Lipinski definition) is 2. The van der Waals surface area contributed by atoms with E-state index in [0.29, 0.717) is 34.1 Å². The van der Waals surface area contributed by atoms with Gasteiger partial charge >= 0.3 is 0 Å². The van der Waals surface area contributed by atoms with Gasteiger partial charge in [-0.05, 0) is 53.0 Å². The third-order valence-corrected chi connectivity index (χ3v) is 4.21. The Balaban J connectivity index is 1.75. The minimum Gasteiger partial charge on any atom is -0.332 e. The number of aliphatic imine (C=N–C) groups is 1. The molecular formula is C18H18BrN7. The van der Waals surface area contributed by atoms with Crippen LogP contribution >= 0.6 is 15.9 Å². The average molecular weight is 412 g/mol. The maximum Gasteiger partial charge on any atom is 0.199 e. The Kier molecular flexibility index (Phi) is 5.81. The molecule has 0 unspecified atom stereocenters. The van der Waals surface area contributed by atoms with Crippen molar-refractivity contribution in [1.82, 2.24) is 25.4 Å². The van der Waals surface area contributed by atoms with Gasteiger partial charge in [0.2, 0.25) is 0 Å². The summed E-state index contributed by atoms with van der Waals surface area (Å²) >= 11 is 3.35. The van der Waals surface area contributed by atoms with Gasteiger partial charge in [-0.3, -0.25) is 9.67 Å². The maximum absolute atomic E-state index is 9.65. The second-order valence-corrected chi connectivity index (χ2v) is 6.47. The standard InChI is InChI=1S/C18H18BrN7/c1-13-12-22-18(21-7-3-9-26-10-4-8-23-26)25-17(13)14(11-20)15-5-2-6-16(19)24-15/h2,4-6,8,10,12H,3,7,9H2,1H3,(H2,21,22,25). The van der Waals surface area contributed by atoms with E-state index >= 15 is 0 Å². The van der Waals surface area contributed by atoms with Gasteiger partial charge in [-0.15, -0.1) is 0 Å². The lowest BCUT2D eigenvalue weighted by atomic mass is 10.1. The highest BCUT2D eigenvalue weighted by atomic mass is 79.9. The number of nitrogens with one attached hydrogen (secondary N) is 2. The van der Waals surface area contributed by atoms with E-state index in [1.807, 2.05) is 48.3 Å². The van der Waals surface area contributed by atoms with Gasteiger partial charge in [0.15, 0.2) is 5.96 Å². The van der Waals surface area contributed by atoms with E-state index in [1.54, 1.807) is 6.20 Å². The molecule has 0 bridgehead atoms. The van der Waals surface area contributed by atoms with Crippen molar-refractivity contribution in [2.45, 2.75) is 19.9 Å². The molecular weight excluding hydrogens is 394 g/mol. The minimum absolute atomic E-state index is 0.478. The fraction of sp³-hybridized carbons (Fsp3) is 0.222. The van der Waals surface area contributed by atoms with Crippen molar-refractivity contribution in [3.63, 3.8) is 0 Å². The number of hydrogen-bond acceptors (Lipinski definition) is 4. The molecule has 132 valence electrons. The first-order valence-electron chi connectivity index (χ1n) is 8.17. The van der Waals surface area contributed by atoms with E-state index in [2.05, 4.69) is 47.7 Å². The lowest BCUT2D eigenvalue weighted by Gasteiger charge is -2.21. The van der Waals surface area contributed by atoms with Crippen LogP contribution in [0.15, 0.2) is 63.7 Å². The zero-order chi connectivity index (χ0) is 18.4. The molecule has 1 aliphatic rings. The molecule has 0 aliphatic carbocycles. The van der Waals surface area contributed by atoms with Crippen molar-refractivity contribution in [1.29, 1.82) is 5.26 Å². The smallest absolute Gasteiger partial charge is 0.199 e. The summed E-state index contributed by atoms with van der Waals surface area (Å²) in [7, 11) is 0. The molecule has 3 heterocycles. The van der Waals surface area contributed by atoms with Crippen LogP contribution in [0.1, 0.15) is 19.0 Å². The second-order valence-electron chi connectivity index (χ2n) is 5.66. The Morgan fingerprint density at radius 2 is 2.27 bits per heavy atom.